The maximum atomic E-state index is 12.3. The van der Waals surface area contributed by atoms with E-state index in [-0.39, 0.29) is 12.4 Å². The highest BCUT2D eigenvalue weighted by Gasteiger charge is 2.77. The highest BCUT2D eigenvalue weighted by Crippen LogP contribution is 2.46. The van der Waals surface area contributed by atoms with Crippen molar-refractivity contribution in [1.29, 1.82) is 0 Å². The minimum atomic E-state index is -6.56. The molecule has 0 amide bonds. The van der Waals surface area contributed by atoms with E-state index in [0.29, 0.717) is 0 Å². The number of alkyl halides is 7. The number of carbonyl (C=O) groups excluding carboxylic acids is 1. The van der Waals surface area contributed by atoms with Crippen molar-refractivity contribution in [2.24, 2.45) is 0 Å². The summed E-state index contributed by atoms with van der Waals surface area (Å²) in [5.41, 5.74) is 0. The fourth-order valence-electron chi connectivity index (χ4n) is 0.456. The van der Waals surface area contributed by atoms with Gasteiger partial charge in [0.25, 0.3) is 0 Å². The first-order valence-corrected chi connectivity index (χ1v) is 3.13. The number of esters is 1. The second-order valence-corrected chi connectivity index (χ2v) is 2.22. The zero-order valence-electron chi connectivity index (χ0n) is 7.45. The third-order valence-corrected chi connectivity index (χ3v) is 1.20. The maximum absolute atomic E-state index is 12.3. The van der Waals surface area contributed by atoms with Gasteiger partial charge in [0.15, 0.2) is 0 Å². The van der Waals surface area contributed by atoms with Crippen LogP contribution < -0.4 is 6.15 Å². The van der Waals surface area contributed by atoms with Crippen LogP contribution in [0.1, 0.15) is 0 Å². The van der Waals surface area contributed by atoms with E-state index in [9.17, 15) is 35.5 Å². The van der Waals surface area contributed by atoms with Gasteiger partial charge in [-0.1, -0.05) is 6.58 Å². The van der Waals surface area contributed by atoms with Crippen molar-refractivity contribution in [3.05, 3.63) is 12.8 Å². The summed E-state index contributed by atoms with van der Waals surface area (Å²) in [6.07, 6.45) is -6.54. The van der Waals surface area contributed by atoms with E-state index in [1.807, 2.05) is 0 Å². The molecule has 0 saturated heterocycles. The Kier molecular flexibility index (Phi) is 5.00. The molecule has 0 heterocycles. The predicted molar refractivity (Wildman–Crippen MR) is 37.3 cm³/mol. The van der Waals surface area contributed by atoms with Crippen molar-refractivity contribution < 1.29 is 40.3 Å². The molecule has 0 aromatic carbocycles. The van der Waals surface area contributed by atoms with Crippen LogP contribution in [0.2, 0.25) is 0 Å². The second kappa shape index (κ2) is 4.68. The van der Waals surface area contributed by atoms with Gasteiger partial charge in [-0.15, -0.1) is 0 Å². The molecule has 0 aromatic rings. The molecule has 0 fully saturated rings. The lowest BCUT2D eigenvalue weighted by Crippen LogP contribution is -2.56. The molecule has 3 nitrogen and oxygen atoms in total. The summed E-state index contributed by atoms with van der Waals surface area (Å²) in [5, 5.41) is 0. The smallest absolute Gasteiger partial charge is 0.431 e. The van der Waals surface area contributed by atoms with Gasteiger partial charge in [-0.25, -0.2) is 4.79 Å². The number of hydrogen-bond acceptors (Lipinski definition) is 3. The summed E-state index contributed by atoms with van der Waals surface area (Å²) in [7, 11) is 0. The number of rotatable bonds is 3. The van der Waals surface area contributed by atoms with Gasteiger partial charge < -0.3 is 10.9 Å². The molecule has 10 heteroatoms. The van der Waals surface area contributed by atoms with E-state index in [0.717, 1.165) is 0 Å². The molecule has 0 saturated carbocycles. The van der Waals surface area contributed by atoms with Crippen LogP contribution in [0.3, 0.4) is 0 Å². The fraction of sp³-hybridized carbons (Fsp3) is 0.500. The lowest BCUT2D eigenvalue weighted by Gasteiger charge is -2.25. The standard InChI is InChI=1S/C6H3F7O2.H3N/c1-2-15-3(14)4(7,8)5(9,10)6(11,12)13;/h2H,1H2;1H3. The first kappa shape index (κ1) is 17.1. The van der Waals surface area contributed by atoms with E-state index in [1.165, 1.54) is 0 Å². The van der Waals surface area contributed by atoms with Crippen LogP contribution in [-0.4, -0.2) is 24.0 Å². The van der Waals surface area contributed by atoms with E-state index < -0.39 is 24.0 Å². The first-order valence-electron chi connectivity index (χ1n) is 3.13. The number of hydrogen-bond donors (Lipinski definition) is 1. The van der Waals surface area contributed by atoms with Crippen LogP contribution in [-0.2, 0) is 9.53 Å². The van der Waals surface area contributed by atoms with Gasteiger partial charge in [0.1, 0.15) is 0 Å². The van der Waals surface area contributed by atoms with Crippen molar-refractivity contribution in [1.82, 2.24) is 6.15 Å². The fourth-order valence-corrected chi connectivity index (χ4v) is 0.456. The van der Waals surface area contributed by atoms with Crippen molar-refractivity contribution in [3.8, 4) is 0 Å². The molecular formula is C6H6F7NO2. The summed E-state index contributed by atoms with van der Waals surface area (Å²) < 4.78 is 86.3. The Morgan fingerprint density at radius 1 is 1.06 bits per heavy atom. The van der Waals surface area contributed by atoms with Gasteiger partial charge in [-0.2, -0.15) is 30.7 Å². The van der Waals surface area contributed by atoms with Crippen molar-refractivity contribution in [3.63, 3.8) is 0 Å². The molecule has 0 atom stereocenters. The summed E-state index contributed by atoms with van der Waals surface area (Å²) in [6, 6.07) is 0. The van der Waals surface area contributed by atoms with Gasteiger partial charge in [0.05, 0.1) is 6.26 Å². The molecule has 16 heavy (non-hydrogen) atoms. The minimum Gasteiger partial charge on any atom is -0.431 e. The third kappa shape index (κ3) is 2.62. The van der Waals surface area contributed by atoms with Gasteiger partial charge in [-0.05, 0) is 0 Å². The molecule has 0 aromatic heterocycles. The van der Waals surface area contributed by atoms with Gasteiger partial charge >= 0.3 is 24.0 Å². The number of ether oxygens (including phenoxy) is 1. The quantitative estimate of drug-likeness (QED) is 0.480. The SMILES string of the molecule is C=COC(=O)C(F)(F)C(F)(F)C(F)(F)F.N. The average Bonchev–Trinajstić information content (AvgIpc) is 2.02. The summed E-state index contributed by atoms with van der Waals surface area (Å²) in [5.74, 6) is -15.5. The summed E-state index contributed by atoms with van der Waals surface area (Å²) in [4.78, 5) is 10.1. The van der Waals surface area contributed by atoms with Gasteiger partial charge in [0.2, 0.25) is 0 Å². The average molecular weight is 257 g/mol. The zero-order valence-corrected chi connectivity index (χ0v) is 7.45. The topological polar surface area (TPSA) is 61.3 Å². The van der Waals surface area contributed by atoms with E-state index >= 15 is 0 Å². The first-order chi connectivity index (χ1) is 6.48. The molecule has 0 unspecified atom stereocenters. The Hall–Kier alpha value is -1.32. The van der Waals surface area contributed by atoms with Crippen molar-refractivity contribution in [2.45, 2.75) is 18.0 Å². The van der Waals surface area contributed by atoms with Crippen molar-refractivity contribution >= 4 is 5.97 Å². The highest BCUT2D eigenvalue weighted by atomic mass is 19.4. The second-order valence-electron chi connectivity index (χ2n) is 2.22. The molecule has 0 aliphatic heterocycles. The van der Waals surface area contributed by atoms with Crippen LogP contribution in [0.15, 0.2) is 12.8 Å². The largest absolute Gasteiger partial charge is 0.460 e. The third-order valence-electron chi connectivity index (χ3n) is 1.20. The Morgan fingerprint density at radius 3 is 1.69 bits per heavy atom. The lowest BCUT2D eigenvalue weighted by molar-refractivity contribution is -0.347. The molecule has 96 valence electrons. The zero-order chi connectivity index (χ0) is 12.5. The maximum Gasteiger partial charge on any atom is 0.460 e. The molecular weight excluding hydrogens is 251 g/mol. The summed E-state index contributed by atoms with van der Waals surface area (Å²) >= 11 is 0. The number of carbonyl (C=O) groups is 1. The van der Waals surface area contributed by atoms with Crippen molar-refractivity contribution in [2.75, 3.05) is 0 Å². The van der Waals surface area contributed by atoms with E-state index in [1.54, 1.807) is 0 Å². The van der Waals surface area contributed by atoms with Gasteiger partial charge in [-0.3, -0.25) is 0 Å². The highest BCUT2D eigenvalue weighted by molar-refractivity contribution is 5.79. The van der Waals surface area contributed by atoms with Crippen LogP contribution in [0, 0.1) is 0 Å². The normalized spacial score (nSPS) is 12.7. The Bertz CT molecular complexity index is 273. The lowest BCUT2D eigenvalue weighted by atomic mass is 10.1. The van der Waals surface area contributed by atoms with E-state index in [2.05, 4.69) is 11.3 Å². The summed E-state index contributed by atoms with van der Waals surface area (Å²) in [6.45, 7) is 2.56. The Labute approximate surface area is 84.4 Å². The molecule has 0 aliphatic carbocycles. The molecule has 3 N–H and O–H groups in total. The Morgan fingerprint density at radius 2 is 1.44 bits per heavy atom. The van der Waals surface area contributed by atoms with Crippen LogP contribution in [0.4, 0.5) is 30.7 Å². The minimum absolute atomic E-state index is 0. The molecule has 0 aliphatic rings. The molecule has 0 radical (unpaired) electrons. The number of halogens is 7. The van der Waals surface area contributed by atoms with Crippen LogP contribution in [0.5, 0.6) is 0 Å². The monoisotopic (exact) mass is 257 g/mol. The predicted octanol–water partition coefficient (Wildman–Crippen LogP) is 2.67. The van der Waals surface area contributed by atoms with E-state index in [4.69, 9.17) is 0 Å². The molecule has 0 spiro atoms. The van der Waals surface area contributed by atoms with Crippen LogP contribution in [0.25, 0.3) is 0 Å². The molecule has 0 bridgehead atoms. The van der Waals surface area contributed by atoms with Gasteiger partial charge in [0, 0.05) is 0 Å². The Balaban J connectivity index is 0. The van der Waals surface area contributed by atoms with Crippen LogP contribution >= 0.6 is 0 Å². The molecule has 0 rings (SSSR count).